The molecule has 0 spiro atoms. The molecular formula is C24H38O4. The van der Waals surface area contributed by atoms with Crippen molar-refractivity contribution in [1.29, 1.82) is 0 Å². The lowest BCUT2D eigenvalue weighted by Crippen LogP contribution is -2.14. The van der Waals surface area contributed by atoms with E-state index in [4.69, 9.17) is 9.47 Å². The van der Waals surface area contributed by atoms with Gasteiger partial charge in [-0.25, -0.2) is 0 Å². The van der Waals surface area contributed by atoms with E-state index in [2.05, 4.69) is 27.7 Å². The van der Waals surface area contributed by atoms with Crippen molar-refractivity contribution >= 4 is 12.6 Å². The van der Waals surface area contributed by atoms with Crippen LogP contribution >= 0.6 is 0 Å². The maximum absolute atomic E-state index is 11.6. The van der Waals surface area contributed by atoms with Crippen LogP contribution in [0.2, 0.25) is 0 Å². The van der Waals surface area contributed by atoms with Gasteiger partial charge in [0.05, 0.1) is 24.3 Å². The number of hydrogen-bond donors (Lipinski definition) is 0. The molecule has 2 unspecified atom stereocenters. The summed E-state index contributed by atoms with van der Waals surface area (Å²) in [7, 11) is 0. The summed E-state index contributed by atoms with van der Waals surface area (Å²) in [5.74, 6) is 1.85. The molecule has 0 saturated heterocycles. The molecule has 0 saturated carbocycles. The van der Waals surface area contributed by atoms with E-state index in [-0.39, 0.29) is 0 Å². The summed E-state index contributed by atoms with van der Waals surface area (Å²) in [6, 6.07) is 3.29. The first-order chi connectivity index (χ1) is 13.6. The molecule has 0 aromatic heterocycles. The third kappa shape index (κ3) is 8.04. The van der Waals surface area contributed by atoms with E-state index >= 15 is 0 Å². The average molecular weight is 391 g/mol. The van der Waals surface area contributed by atoms with E-state index in [0.717, 1.165) is 51.1 Å². The van der Waals surface area contributed by atoms with Gasteiger partial charge in [-0.1, -0.05) is 66.2 Å². The molecule has 0 amide bonds. The molecule has 0 bridgehead atoms. The molecule has 1 aromatic rings. The van der Waals surface area contributed by atoms with Crippen LogP contribution in [0.25, 0.3) is 0 Å². The topological polar surface area (TPSA) is 52.6 Å². The lowest BCUT2D eigenvalue weighted by Gasteiger charge is -2.19. The lowest BCUT2D eigenvalue weighted by molar-refractivity contribution is 0.110. The molecule has 158 valence electrons. The highest BCUT2D eigenvalue weighted by Crippen LogP contribution is 2.29. The number of carbonyl (C=O) groups excluding carboxylic acids is 2. The molecule has 2 atom stereocenters. The summed E-state index contributed by atoms with van der Waals surface area (Å²) in [6.07, 6.45) is 10.5. The third-order valence-corrected chi connectivity index (χ3v) is 5.43. The quantitative estimate of drug-likeness (QED) is 0.302. The van der Waals surface area contributed by atoms with Crippen LogP contribution in [0.1, 0.15) is 99.8 Å². The molecular weight excluding hydrogens is 352 g/mol. The molecule has 0 radical (unpaired) electrons. The van der Waals surface area contributed by atoms with Gasteiger partial charge in [0.15, 0.2) is 12.6 Å². The predicted octanol–water partition coefficient (Wildman–Crippen LogP) is 6.50. The molecule has 1 aromatic carbocycles. The summed E-state index contributed by atoms with van der Waals surface area (Å²) in [5, 5.41) is 0. The first-order valence-electron chi connectivity index (χ1n) is 11.0. The molecule has 4 nitrogen and oxygen atoms in total. The van der Waals surface area contributed by atoms with Crippen LogP contribution in [-0.2, 0) is 0 Å². The van der Waals surface area contributed by atoms with Crippen LogP contribution < -0.4 is 9.47 Å². The van der Waals surface area contributed by atoms with Gasteiger partial charge in [-0.2, -0.15) is 0 Å². The van der Waals surface area contributed by atoms with Crippen molar-refractivity contribution in [1.82, 2.24) is 0 Å². The number of benzene rings is 1. The van der Waals surface area contributed by atoms with E-state index in [9.17, 15) is 9.59 Å². The molecule has 0 aliphatic carbocycles. The highest BCUT2D eigenvalue weighted by Gasteiger charge is 2.15. The highest BCUT2D eigenvalue weighted by atomic mass is 16.5. The Morgan fingerprint density at radius 1 is 0.750 bits per heavy atom. The van der Waals surface area contributed by atoms with Crippen molar-refractivity contribution in [3.05, 3.63) is 23.3 Å². The Hall–Kier alpha value is -1.84. The lowest BCUT2D eigenvalue weighted by atomic mass is 10.0. The fourth-order valence-corrected chi connectivity index (χ4v) is 3.24. The smallest absolute Gasteiger partial charge is 0.153 e. The fourth-order valence-electron chi connectivity index (χ4n) is 3.24. The van der Waals surface area contributed by atoms with Gasteiger partial charge in [-0.3, -0.25) is 9.59 Å². The number of unbranched alkanes of at least 4 members (excludes halogenated alkanes) is 2. The largest absolute Gasteiger partial charge is 0.493 e. The average Bonchev–Trinajstić information content (AvgIpc) is 2.73. The Labute approximate surface area is 171 Å². The molecule has 0 aliphatic rings. The second-order valence-corrected chi connectivity index (χ2v) is 7.62. The van der Waals surface area contributed by atoms with Crippen LogP contribution in [0.3, 0.4) is 0 Å². The zero-order valence-corrected chi connectivity index (χ0v) is 18.2. The van der Waals surface area contributed by atoms with Gasteiger partial charge in [-0.05, 0) is 36.8 Å². The number of rotatable bonds is 16. The minimum absolute atomic E-state index is 0.438. The van der Waals surface area contributed by atoms with Gasteiger partial charge in [0.1, 0.15) is 11.5 Å². The second kappa shape index (κ2) is 14.2. The van der Waals surface area contributed by atoms with E-state index in [0.29, 0.717) is 47.7 Å². The van der Waals surface area contributed by atoms with E-state index < -0.39 is 0 Å². The molecule has 1 rings (SSSR count). The van der Waals surface area contributed by atoms with Gasteiger partial charge in [0.25, 0.3) is 0 Å². The SMILES string of the molecule is CCCCC(CC)COc1cc(C=O)c(OCC(CC)CCCC)cc1C=O. The Morgan fingerprint density at radius 3 is 1.43 bits per heavy atom. The first kappa shape index (κ1) is 24.2. The maximum Gasteiger partial charge on any atom is 0.153 e. The van der Waals surface area contributed by atoms with Crippen molar-refractivity contribution in [2.24, 2.45) is 11.8 Å². The Kier molecular flexibility index (Phi) is 12.3. The van der Waals surface area contributed by atoms with Gasteiger partial charge in [-0.15, -0.1) is 0 Å². The highest BCUT2D eigenvalue weighted by molar-refractivity contribution is 5.87. The first-order valence-corrected chi connectivity index (χ1v) is 11.0. The molecule has 0 aliphatic heterocycles. The summed E-state index contributed by atoms with van der Waals surface area (Å²) in [5.41, 5.74) is 0.875. The second-order valence-electron chi connectivity index (χ2n) is 7.62. The number of ether oxygens (including phenoxy) is 2. The Morgan fingerprint density at radius 2 is 1.14 bits per heavy atom. The normalized spacial score (nSPS) is 13.0. The monoisotopic (exact) mass is 390 g/mol. The fraction of sp³-hybridized carbons (Fsp3) is 0.667. The van der Waals surface area contributed by atoms with Crippen molar-refractivity contribution in [2.45, 2.75) is 79.1 Å². The van der Waals surface area contributed by atoms with Gasteiger partial charge in [0, 0.05) is 0 Å². The van der Waals surface area contributed by atoms with Crippen LogP contribution in [-0.4, -0.2) is 25.8 Å². The van der Waals surface area contributed by atoms with Gasteiger partial charge >= 0.3 is 0 Å². The minimum Gasteiger partial charge on any atom is -0.493 e. The zero-order chi connectivity index (χ0) is 20.8. The predicted molar refractivity (Wildman–Crippen MR) is 115 cm³/mol. The Bertz CT molecular complexity index is 530. The zero-order valence-electron chi connectivity index (χ0n) is 18.2. The maximum atomic E-state index is 11.6. The molecule has 0 fully saturated rings. The number of hydrogen-bond acceptors (Lipinski definition) is 4. The van der Waals surface area contributed by atoms with Crippen LogP contribution in [0.5, 0.6) is 11.5 Å². The molecule has 4 heteroatoms. The van der Waals surface area contributed by atoms with Crippen molar-refractivity contribution < 1.29 is 19.1 Å². The summed E-state index contributed by atoms with van der Waals surface area (Å²) in [6.45, 7) is 9.79. The van der Waals surface area contributed by atoms with Crippen molar-refractivity contribution in [3.63, 3.8) is 0 Å². The van der Waals surface area contributed by atoms with Gasteiger partial charge in [0.2, 0.25) is 0 Å². The van der Waals surface area contributed by atoms with Crippen LogP contribution in [0.4, 0.5) is 0 Å². The minimum atomic E-state index is 0.438. The van der Waals surface area contributed by atoms with Crippen molar-refractivity contribution in [2.75, 3.05) is 13.2 Å². The van der Waals surface area contributed by atoms with E-state index in [1.807, 2.05) is 0 Å². The summed E-state index contributed by atoms with van der Waals surface area (Å²) >= 11 is 0. The van der Waals surface area contributed by atoms with E-state index in [1.54, 1.807) is 12.1 Å². The van der Waals surface area contributed by atoms with Crippen LogP contribution in [0, 0.1) is 11.8 Å². The summed E-state index contributed by atoms with van der Waals surface area (Å²) < 4.78 is 11.9. The molecule has 0 N–H and O–H groups in total. The number of carbonyl (C=O) groups is 2. The Balaban J connectivity index is 2.86. The third-order valence-electron chi connectivity index (χ3n) is 5.43. The molecule has 28 heavy (non-hydrogen) atoms. The number of aldehydes is 2. The van der Waals surface area contributed by atoms with E-state index in [1.165, 1.54) is 12.8 Å². The van der Waals surface area contributed by atoms with Crippen molar-refractivity contribution in [3.8, 4) is 11.5 Å². The summed E-state index contributed by atoms with van der Waals surface area (Å²) in [4.78, 5) is 23.2. The standard InChI is InChI=1S/C24H38O4/c1-5-9-11-19(7-3)17-27-23-13-22(16-26)24(14-21(23)15-25)28-18-20(8-4)12-10-6-2/h13-16,19-20H,5-12,17-18H2,1-4H3. The van der Waals surface area contributed by atoms with Gasteiger partial charge < -0.3 is 9.47 Å². The van der Waals surface area contributed by atoms with Crippen LogP contribution in [0.15, 0.2) is 12.1 Å². The molecule has 0 heterocycles.